The molecule has 106 valence electrons. The van der Waals surface area contributed by atoms with Gasteiger partial charge in [-0.05, 0) is 33.3 Å². The van der Waals surface area contributed by atoms with E-state index in [1.165, 1.54) is 4.68 Å². The van der Waals surface area contributed by atoms with Crippen LogP contribution < -0.4 is 5.32 Å². The number of aryl methyl sites for hydroxylation is 1. The average molecular weight is 269 g/mol. The number of hydrogen-bond acceptors (Lipinski definition) is 4. The fourth-order valence-corrected chi connectivity index (χ4v) is 1.39. The molecule has 7 nitrogen and oxygen atoms in total. The summed E-state index contributed by atoms with van der Waals surface area (Å²) in [5, 5.41) is 15.4. The Hall–Kier alpha value is -2.05. The first-order valence-electron chi connectivity index (χ1n) is 5.89. The number of hydrogen-bond donors (Lipinski definition) is 2. The Kier molecular flexibility index (Phi) is 4.52. The molecule has 1 atom stereocenters. The van der Waals surface area contributed by atoms with E-state index in [0.29, 0.717) is 0 Å². The number of rotatable bonds is 4. The lowest BCUT2D eigenvalue weighted by Gasteiger charge is -2.21. The summed E-state index contributed by atoms with van der Waals surface area (Å²) in [5.41, 5.74) is 0.247. The topological polar surface area (TPSA) is 93.5 Å². The Bertz CT molecular complexity index is 462. The number of nitrogens with zero attached hydrogens (tertiary/aromatic N) is 2. The van der Waals surface area contributed by atoms with Crippen LogP contribution in [-0.2, 0) is 16.1 Å². The van der Waals surface area contributed by atoms with Crippen molar-refractivity contribution in [2.75, 3.05) is 0 Å². The highest BCUT2D eigenvalue weighted by molar-refractivity contribution is 5.79. The van der Waals surface area contributed by atoms with Crippen molar-refractivity contribution < 1.29 is 19.4 Å². The van der Waals surface area contributed by atoms with E-state index in [2.05, 4.69) is 10.4 Å². The fourth-order valence-electron chi connectivity index (χ4n) is 1.39. The number of carboxylic acids is 1. The van der Waals surface area contributed by atoms with Gasteiger partial charge in [-0.1, -0.05) is 0 Å². The molecule has 0 saturated heterocycles. The van der Waals surface area contributed by atoms with E-state index in [-0.39, 0.29) is 6.54 Å². The van der Waals surface area contributed by atoms with Crippen LogP contribution in [0.5, 0.6) is 0 Å². The normalized spacial score (nSPS) is 12.8. The number of carbonyl (C=O) groups excluding carboxylic acids is 1. The van der Waals surface area contributed by atoms with Gasteiger partial charge in [0.05, 0.1) is 12.7 Å². The van der Waals surface area contributed by atoms with Gasteiger partial charge in [-0.3, -0.25) is 4.68 Å². The second-order valence-electron chi connectivity index (χ2n) is 5.28. The van der Waals surface area contributed by atoms with Crippen molar-refractivity contribution in [3.63, 3.8) is 0 Å². The van der Waals surface area contributed by atoms with Crippen molar-refractivity contribution in [2.45, 2.75) is 45.9 Å². The number of aliphatic carboxylic acids is 1. The van der Waals surface area contributed by atoms with Gasteiger partial charge in [0.15, 0.2) is 0 Å². The van der Waals surface area contributed by atoms with Crippen molar-refractivity contribution >= 4 is 12.1 Å². The molecule has 1 aromatic rings. The molecular formula is C12H19N3O4. The maximum Gasteiger partial charge on any atom is 0.408 e. The summed E-state index contributed by atoms with van der Waals surface area (Å²) in [4.78, 5) is 22.6. The van der Waals surface area contributed by atoms with Crippen molar-refractivity contribution in [1.29, 1.82) is 0 Å². The molecule has 1 rings (SSSR count). The van der Waals surface area contributed by atoms with Crippen LogP contribution in [0.2, 0.25) is 0 Å². The third kappa shape index (κ3) is 5.41. The van der Waals surface area contributed by atoms with E-state index in [0.717, 1.165) is 5.56 Å². The number of carbonyl (C=O) groups is 2. The molecule has 19 heavy (non-hydrogen) atoms. The molecule has 2 N–H and O–H groups in total. The van der Waals surface area contributed by atoms with Gasteiger partial charge in [-0.15, -0.1) is 0 Å². The molecule has 0 saturated carbocycles. The molecule has 0 aliphatic rings. The van der Waals surface area contributed by atoms with Crippen molar-refractivity contribution in [2.24, 2.45) is 0 Å². The second-order valence-corrected chi connectivity index (χ2v) is 5.28. The quantitative estimate of drug-likeness (QED) is 0.855. The second kappa shape index (κ2) is 5.73. The predicted octanol–water partition coefficient (Wildman–Crippen LogP) is 1.17. The lowest BCUT2D eigenvalue weighted by atomic mass is 10.2. The number of ether oxygens (including phenoxy) is 1. The minimum absolute atomic E-state index is 0.0441. The highest BCUT2D eigenvalue weighted by Crippen LogP contribution is 2.07. The molecule has 0 fully saturated rings. The van der Waals surface area contributed by atoms with Crippen molar-refractivity contribution in [1.82, 2.24) is 15.1 Å². The Morgan fingerprint density at radius 1 is 1.53 bits per heavy atom. The number of aromatic nitrogens is 2. The highest BCUT2D eigenvalue weighted by Gasteiger charge is 2.24. The molecule has 0 spiro atoms. The van der Waals surface area contributed by atoms with Crippen LogP contribution in [0.1, 0.15) is 26.3 Å². The molecule has 0 aromatic carbocycles. The van der Waals surface area contributed by atoms with E-state index in [1.54, 1.807) is 33.2 Å². The van der Waals surface area contributed by atoms with Crippen molar-refractivity contribution in [3.05, 3.63) is 18.0 Å². The molecule has 0 bridgehead atoms. The smallest absolute Gasteiger partial charge is 0.408 e. The van der Waals surface area contributed by atoms with E-state index in [9.17, 15) is 9.59 Å². The van der Waals surface area contributed by atoms with Crippen LogP contribution in [0.15, 0.2) is 12.4 Å². The first-order chi connectivity index (χ1) is 8.67. The average Bonchev–Trinajstić information content (AvgIpc) is 2.60. The number of carboxylic acid groups (broad SMARTS) is 1. The van der Waals surface area contributed by atoms with Crippen LogP contribution in [0.4, 0.5) is 4.79 Å². The van der Waals surface area contributed by atoms with E-state index < -0.39 is 23.7 Å². The van der Waals surface area contributed by atoms with E-state index in [1.807, 2.05) is 6.92 Å². The molecule has 0 aliphatic heterocycles. The SMILES string of the molecule is Cc1cnn(CC(NC(=O)OC(C)(C)C)C(=O)O)c1. The summed E-state index contributed by atoms with van der Waals surface area (Å²) in [6, 6.07) is -1.09. The lowest BCUT2D eigenvalue weighted by molar-refractivity contribution is -0.139. The summed E-state index contributed by atoms with van der Waals surface area (Å²) in [6.07, 6.45) is 2.56. The van der Waals surface area contributed by atoms with Gasteiger partial charge in [0, 0.05) is 6.20 Å². The predicted molar refractivity (Wildman–Crippen MR) is 67.8 cm³/mol. The van der Waals surface area contributed by atoms with Gasteiger partial charge in [0.2, 0.25) is 0 Å². The Morgan fingerprint density at radius 3 is 2.58 bits per heavy atom. The molecule has 7 heteroatoms. The van der Waals surface area contributed by atoms with Gasteiger partial charge in [0.1, 0.15) is 11.6 Å². The Balaban J connectivity index is 2.63. The Morgan fingerprint density at radius 2 is 2.16 bits per heavy atom. The fraction of sp³-hybridized carbons (Fsp3) is 0.583. The first-order valence-corrected chi connectivity index (χ1v) is 5.89. The number of amides is 1. The van der Waals surface area contributed by atoms with Crippen LogP contribution in [0.25, 0.3) is 0 Å². The lowest BCUT2D eigenvalue weighted by Crippen LogP contribution is -2.45. The molecular weight excluding hydrogens is 250 g/mol. The number of nitrogens with one attached hydrogen (secondary N) is 1. The summed E-state index contributed by atoms with van der Waals surface area (Å²) in [5.74, 6) is -1.14. The van der Waals surface area contributed by atoms with E-state index >= 15 is 0 Å². The van der Waals surface area contributed by atoms with Gasteiger partial charge in [-0.2, -0.15) is 5.10 Å². The minimum Gasteiger partial charge on any atom is -0.480 e. The molecule has 0 radical (unpaired) electrons. The molecule has 1 aromatic heterocycles. The van der Waals surface area contributed by atoms with Gasteiger partial charge < -0.3 is 15.2 Å². The van der Waals surface area contributed by atoms with Crippen LogP contribution in [0.3, 0.4) is 0 Å². The summed E-state index contributed by atoms with van der Waals surface area (Å²) in [6.45, 7) is 7.01. The third-order valence-electron chi connectivity index (χ3n) is 2.12. The molecule has 1 unspecified atom stereocenters. The maximum absolute atomic E-state index is 11.5. The minimum atomic E-state index is -1.14. The van der Waals surface area contributed by atoms with Crippen LogP contribution >= 0.6 is 0 Å². The summed E-state index contributed by atoms with van der Waals surface area (Å²) in [7, 11) is 0. The largest absolute Gasteiger partial charge is 0.480 e. The molecule has 1 heterocycles. The number of alkyl carbamates (subject to hydrolysis) is 1. The summed E-state index contributed by atoms with van der Waals surface area (Å²) >= 11 is 0. The van der Waals surface area contributed by atoms with Gasteiger partial charge in [-0.25, -0.2) is 9.59 Å². The van der Waals surface area contributed by atoms with Crippen molar-refractivity contribution in [3.8, 4) is 0 Å². The zero-order valence-corrected chi connectivity index (χ0v) is 11.5. The van der Waals surface area contributed by atoms with Gasteiger partial charge in [0.25, 0.3) is 0 Å². The summed E-state index contributed by atoms with van der Waals surface area (Å²) < 4.78 is 6.48. The standard InChI is InChI=1S/C12H19N3O4/c1-8-5-13-15(6-8)7-9(10(16)17)14-11(18)19-12(2,3)4/h5-6,9H,7H2,1-4H3,(H,14,18)(H,16,17). The van der Waals surface area contributed by atoms with Gasteiger partial charge >= 0.3 is 12.1 Å². The highest BCUT2D eigenvalue weighted by atomic mass is 16.6. The zero-order valence-electron chi connectivity index (χ0n) is 11.5. The van der Waals surface area contributed by atoms with E-state index in [4.69, 9.17) is 9.84 Å². The monoisotopic (exact) mass is 269 g/mol. The first kappa shape index (κ1) is 15.0. The van der Waals surface area contributed by atoms with Crippen LogP contribution in [0, 0.1) is 6.92 Å². The Labute approximate surface area is 111 Å². The maximum atomic E-state index is 11.5. The zero-order chi connectivity index (χ0) is 14.6. The third-order valence-corrected chi connectivity index (χ3v) is 2.12. The van der Waals surface area contributed by atoms with Crippen LogP contribution in [-0.4, -0.2) is 38.6 Å². The molecule has 0 aliphatic carbocycles. The molecule has 1 amide bonds.